The third-order valence-corrected chi connectivity index (χ3v) is 4.28. The van der Waals surface area contributed by atoms with Gasteiger partial charge < -0.3 is 0 Å². The first-order valence-corrected chi connectivity index (χ1v) is 10.0. The first kappa shape index (κ1) is 20.9. The van der Waals surface area contributed by atoms with E-state index in [4.69, 9.17) is 8.74 Å². The molecule has 0 aliphatic heterocycles. The SMILES string of the molecule is CCCCCCCCC(CCCCCCC)OS(=O)(=O)O. The summed E-state index contributed by atoms with van der Waals surface area (Å²) in [5.41, 5.74) is 0. The summed E-state index contributed by atoms with van der Waals surface area (Å²) >= 11 is 0. The Morgan fingerprint density at radius 2 is 1.14 bits per heavy atom. The van der Waals surface area contributed by atoms with Gasteiger partial charge >= 0.3 is 10.4 Å². The summed E-state index contributed by atoms with van der Waals surface area (Å²) in [6.07, 6.45) is 13.8. The van der Waals surface area contributed by atoms with Crippen LogP contribution in [0, 0.1) is 0 Å². The van der Waals surface area contributed by atoms with E-state index < -0.39 is 10.4 Å². The summed E-state index contributed by atoms with van der Waals surface area (Å²) < 4.78 is 35.4. The molecule has 1 N–H and O–H groups in total. The predicted molar refractivity (Wildman–Crippen MR) is 87.8 cm³/mol. The number of rotatable bonds is 15. The van der Waals surface area contributed by atoms with E-state index in [-0.39, 0.29) is 6.10 Å². The Morgan fingerprint density at radius 1 is 0.762 bits per heavy atom. The molecule has 0 amide bonds. The third kappa shape index (κ3) is 16.1. The summed E-state index contributed by atoms with van der Waals surface area (Å²) in [4.78, 5) is 0. The van der Waals surface area contributed by atoms with Crippen molar-refractivity contribution in [3.05, 3.63) is 0 Å². The molecule has 0 rings (SSSR count). The van der Waals surface area contributed by atoms with Crippen molar-refractivity contribution in [1.82, 2.24) is 0 Å². The van der Waals surface area contributed by atoms with Crippen molar-refractivity contribution in [2.24, 2.45) is 0 Å². The minimum atomic E-state index is -4.32. The van der Waals surface area contributed by atoms with Gasteiger partial charge in [0.2, 0.25) is 0 Å². The lowest BCUT2D eigenvalue weighted by molar-refractivity contribution is 0.157. The Morgan fingerprint density at radius 3 is 1.52 bits per heavy atom. The third-order valence-electron chi connectivity index (χ3n) is 3.77. The van der Waals surface area contributed by atoms with Crippen LogP contribution in [0.4, 0.5) is 0 Å². The van der Waals surface area contributed by atoms with Crippen LogP contribution in [-0.4, -0.2) is 19.1 Å². The molecule has 0 bridgehead atoms. The number of hydrogen-bond donors (Lipinski definition) is 1. The molecule has 128 valence electrons. The first-order valence-electron chi connectivity index (χ1n) is 8.65. The van der Waals surface area contributed by atoms with Crippen molar-refractivity contribution in [1.29, 1.82) is 0 Å². The molecule has 0 aromatic rings. The number of unbranched alkanes of at least 4 members (excludes halogenated alkanes) is 9. The molecule has 0 fully saturated rings. The maximum absolute atomic E-state index is 10.9. The lowest BCUT2D eigenvalue weighted by Gasteiger charge is -2.15. The van der Waals surface area contributed by atoms with Crippen LogP contribution in [0.1, 0.15) is 97.3 Å². The van der Waals surface area contributed by atoms with Crippen molar-refractivity contribution in [3.63, 3.8) is 0 Å². The first-order chi connectivity index (χ1) is 9.99. The molecule has 21 heavy (non-hydrogen) atoms. The molecule has 0 aliphatic rings. The Balaban J connectivity index is 3.86. The predicted octanol–water partition coefficient (Wildman–Crippen LogP) is 5.29. The van der Waals surface area contributed by atoms with Gasteiger partial charge in [0.15, 0.2) is 0 Å². The summed E-state index contributed by atoms with van der Waals surface area (Å²) in [6.45, 7) is 4.36. The molecule has 4 nitrogen and oxygen atoms in total. The van der Waals surface area contributed by atoms with E-state index in [1.807, 2.05) is 0 Å². The van der Waals surface area contributed by atoms with E-state index in [0.717, 1.165) is 38.5 Å². The zero-order valence-corrected chi connectivity index (χ0v) is 14.7. The molecule has 0 saturated heterocycles. The van der Waals surface area contributed by atoms with Crippen molar-refractivity contribution in [3.8, 4) is 0 Å². The van der Waals surface area contributed by atoms with E-state index in [1.54, 1.807) is 0 Å². The van der Waals surface area contributed by atoms with Crippen LogP contribution < -0.4 is 0 Å². The minimum absolute atomic E-state index is 0.354. The van der Waals surface area contributed by atoms with Crippen LogP contribution in [0.3, 0.4) is 0 Å². The quantitative estimate of drug-likeness (QED) is 0.329. The molecule has 0 aliphatic carbocycles. The summed E-state index contributed by atoms with van der Waals surface area (Å²) in [7, 11) is -4.32. The molecular formula is C16H34O4S. The van der Waals surface area contributed by atoms with E-state index in [9.17, 15) is 8.42 Å². The topological polar surface area (TPSA) is 63.6 Å². The normalized spacial score (nSPS) is 13.5. The second kappa shape index (κ2) is 13.5. The highest BCUT2D eigenvalue weighted by atomic mass is 32.3. The average molecular weight is 323 g/mol. The standard InChI is InChI=1S/C16H34O4S/c1-3-5-7-9-11-13-15-16(20-21(17,18)19)14-12-10-8-6-4-2/h16H,3-15H2,1-2H3,(H,17,18,19). The Labute approximate surface area is 131 Å². The lowest BCUT2D eigenvalue weighted by Crippen LogP contribution is -2.18. The van der Waals surface area contributed by atoms with Crippen LogP contribution in [0.2, 0.25) is 0 Å². The van der Waals surface area contributed by atoms with E-state index in [2.05, 4.69) is 13.8 Å². The largest absolute Gasteiger partial charge is 0.397 e. The van der Waals surface area contributed by atoms with Gasteiger partial charge in [-0.05, 0) is 12.8 Å². The van der Waals surface area contributed by atoms with Gasteiger partial charge in [-0.15, -0.1) is 0 Å². The van der Waals surface area contributed by atoms with Crippen molar-refractivity contribution >= 4 is 10.4 Å². The molecular weight excluding hydrogens is 288 g/mol. The molecule has 1 unspecified atom stereocenters. The molecule has 0 radical (unpaired) electrons. The maximum atomic E-state index is 10.9. The van der Waals surface area contributed by atoms with Gasteiger partial charge in [-0.2, -0.15) is 8.42 Å². The molecule has 0 saturated carbocycles. The molecule has 1 atom stereocenters. The fourth-order valence-electron chi connectivity index (χ4n) is 2.54. The summed E-state index contributed by atoms with van der Waals surface area (Å²) in [5, 5.41) is 0. The highest BCUT2D eigenvalue weighted by Gasteiger charge is 2.16. The van der Waals surface area contributed by atoms with Gasteiger partial charge in [0.05, 0.1) is 6.10 Å². The van der Waals surface area contributed by atoms with E-state index >= 15 is 0 Å². The molecule has 0 heterocycles. The van der Waals surface area contributed by atoms with Crippen molar-refractivity contribution in [2.45, 2.75) is 103 Å². The average Bonchev–Trinajstić information content (AvgIpc) is 2.40. The van der Waals surface area contributed by atoms with E-state index in [1.165, 1.54) is 44.9 Å². The Bertz CT molecular complexity index is 314. The Kier molecular flexibility index (Phi) is 13.4. The zero-order valence-electron chi connectivity index (χ0n) is 13.8. The highest BCUT2D eigenvalue weighted by molar-refractivity contribution is 7.80. The van der Waals surface area contributed by atoms with Crippen LogP contribution >= 0.6 is 0 Å². The van der Waals surface area contributed by atoms with Crippen LogP contribution in [0.25, 0.3) is 0 Å². The van der Waals surface area contributed by atoms with Crippen molar-refractivity contribution < 1.29 is 17.2 Å². The smallest absolute Gasteiger partial charge is 0.264 e. The molecule has 0 aromatic heterocycles. The van der Waals surface area contributed by atoms with Gasteiger partial charge in [0, 0.05) is 0 Å². The van der Waals surface area contributed by atoms with Crippen LogP contribution in [0.5, 0.6) is 0 Å². The maximum Gasteiger partial charge on any atom is 0.397 e. The number of hydrogen-bond acceptors (Lipinski definition) is 3. The van der Waals surface area contributed by atoms with Crippen LogP contribution in [0.15, 0.2) is 0 Å². The minimum Gasteiger partial charge on any atom is -0.264 e. The van der Waals surface area contributed by atoms with Crippen molar-refractivity contribution in [2.75, 3.05) is 0 Å². The van der Waals surface area contributed by atoms with Crippen LogP contribution in [-0.2, 0) is 14.6 Å². The zero-order chi connectivity index (χ0) is 16.0. The summed E-state index contributed by atoms with van der Waals surface area (Å²) in [5.74, 6) is 0. The van der Waals surface area contributed by atoms with Gasteiger partial charge in [0.1, 0.15) is 0 Å². The fraction of sp³-hybridized carbons (Fsp3) is 1.00. The Hall–Kier alpha value is -0.130. The summed E-state index contributed by atoms with van der Waals surface area (Å²) in [6, 6.07) is 0. The molecule has 5 heteroatoms. The fourth-order valence-corrected chi connectivity index (χ4v) is 3.08. The molecule has 0 spiro atoms. The van der Waals surface area contributed by atoms with Gasteiger partial charge in [-0.3, -0.25) is 4.55 Å². The monoisotopic (exact) mass is 322 g/mol. The van der Waals surface area contributed by atoms with Gasteiger partial charge in [-0.1, -0.05) is 84.5 Å². The highest BCUT2D eigenvalue weighted by Crippen LogP contribution is 2.17. The van der Waals surface area contributed by atoms with E-state index in [0.29, 0.717) is 0 Å². The molecule has 0 aromatic carbocycles. The lowest BCUT2D eigenvalue weighted by atomic mass is 10.0. The van der Waals surface area contributed by atoms with Gasteiger partial charge in [-0.25, -0.2) is 4.18 Å². The second-order valence-corrected chi connectivity index (χ2v) is 6.95. The second-order valence-electron chi connectivity index (χ2n) is 5.91. The van der Waals surface area contributed by atoms with Gasteiger partial charge in [0.25, 0.3) is 0 Å².